The van der Waals surface area contributed by atoms with Crippen LogP contribution in [0.25, 0.3) is 0 Å². The second-order valence-corrected chi connectivity index (χ2v) is 5.98. The normalized spacial score (nSPS) is 17.5. The van der Waals surface area contributed by atoms with Crippen molar-refractivity contribution in [2.75, 3.05) is 13.1 Å². The van der Waals surface area contributed by atoms with Gasteiger partial charge in [0.15, 0.2) is 5.17 Å². The molecular weight excluding hydrogens is 300 g/mol. The van der Waals surface area contributed by atoms with E-state index in [0.717, 1.165) is 25.9 Å². The van der Waals surface area contributed by atoms with Crippen molar-refractivity contribution < 1.29 is 4.79 Å². The monoisotopic (exact) mass is 328 g/mol. The van der Waals surface area contributed by atoms with Crippen LogP contribution in [-0.2, 0) is 0 Å². The van der Waals surface area contributed by atoms with Crippen LogP contribution in [0.15, 0.2) is 29.5 Å². The highest BCUT2D eigenvalue weighted by atomic mass is 35.5. The van der Waals surface area contributed by atoms with Crippen molar-refractivity contribution in [3.05, 3.63) is 24.6 Å². The number of likely N-dealkylation sites (tertiary alicyclic amines) is 1. The molecule has 0 unspecified atom stereocenters. The molecule has 5 nitrogen and oxygen atoms in total. The van der Waals surface area contributed by atoms with E-state index in [9.17, 15) is 4.79 Å². The molecule has 0 radical (unpaired) electrons. The molecule has 22 heavy (non-hydrogen) atoms. The van der Waals surface area contributed by atoms with E-state index in [1.807, 2.05) is 20.8 Å². The highest BCUT2D eigenvalue weighted by Crippen LogP contribution is 2.28. The first kappa shape index (κ1) is 20.5. The Kier molecular flexibility index (Phi) is 9.58. The van der Waals surface area contributed by atoms with Crippen molar-refractivity contribution >= 4 is 22.8 Å². The van der Waals surface area contributed by atoms with Crippen molar-refractivity contribution in [2.24, 2.45) is 10.4 Å². The number of carbonyl (C=O) groups is 1. The summed E-state index contributed by atoms with van der Waals surface area (Å²) in [6.07, 6.45) is 5.47. The largest absolute Gasteiger partial charge is 0.336 e. The summed E-state index contributed by atoms with van der Waals surface area (Å²) in [6, 6.07) is -0.172. The molecule has 0 aromatic carbocycles. The van der Waals surface area contributed by atoms with E-state index in [1.165, 1.54) is 0 Å². The van der Waals surface area contributed by atoms with Gasteiger partial charge in [0.25, 0.3) is 0 Å². The molecule has 1 heterocycles. The third kappa shape index (κ3) is 7.50. The van der Waals surface area contributed by atoms with Gasteiger partial charge in [0.1, 0.15) is 0 Å². The summed E-state index contributed by atoms with van der Waals surface area (Å²) in [5, 5.41) is 0.211. The number of nitrogens with one attached hydrogen (secondary N) is 2. The molecule has 1 saturated heterocycles. The molecule has 0 aromatic rings. The molecule has 1 fully saturated rings. The Morgan fingerprint density at radius 3 is 2.55 bits per heavy atom. The Balaban J connectivity index is 0.00000211. The zero-order chi connectivity index (χ0) is 17.2. The van der Waals surface area contributed by atoms with Gasteiger partial charge in [-0.05, 0) is 25.2 Å². The molecule has 0 spiro atoms. The lowest BCUT2D eigenvalue weighted by Crippen LogP contribution is -2.51. The second kappa shape index (κ2) is 10.3. The van der Waals surface area contributed by atoms with E-state index in [2.05, 4.69) is 36.3 Å². The van der Waals surface area contributed by atoms with Gasteiger partial charge in [-0.15, -0.1) is 0 Å². The summed E-state index contributed by atoms with van der Waals surface area (Å²) in [7, 11) is 0. The average Bonchev–Trinajstić information content (AvgIpc) is 2.50. The quantitative estimate of drug-likeness (QED) is 0.604. The third-order valence-electron chi connectivity index (χ3n) is 3.09. The number of piperidine rings is 1. The summed E-state index contributed by atoms with van der Waals surface area (Å²) < 4.78 is 0. The number of amides is 2. The third-order valence-corrected chi connectivity index (χ3v) is 3.42. The van der Waals surface area contributed by atoms with Gasteiger partial charge >= 0.3 is 6.03 Å². The summed E-state index contributed by atoms with van der Waals surface area (Å²) in [6.45, 7) is 15.4. The number of hydrogen-bond donors (Lipinski definition) is 2. The first-order valence-corrected chi connectivity index (χ1v) is 8.08. The van der Waals surface area contributed by atoms with Gasteiger partial charge in [0, 0.05) is 19.3 Å². The SMILES string of the molecule is C=C(NNC(=O)N1CCCC(C)(C)C1)C(Cl)=N/C=C\C.CC. The lowest BCUT2D eigenvalue weighted by atomic mass is 9.84. The number of hydrazine groups is 1. The topological polar surface area (TPSA) is 56.7 Å². The fraction of sp³-hybridized carbons (Fsp3) is 0.625. The minimum absolute atomic E-state index is 0.164. The zero-order valence-corrected chi connectivity index (χ0v) is 15.1. The van der Waals surface area contributed by atoms with E-state index in [0.29, 0.717) is 5.70 Å². The summed E-state index contributed by atoms with van der Waals surface area (Å²) in [4.78, 5) is 17.8. The molecule has 2 amide bonds. The fourth-order valence-corrected chi connectivity index (χ4v) is 2.18. The van der Waals surface area contributed by atoms with Crippen LogP contribution in [0.5, 0.6) is 0 Å². The Bertz CT molecular complexity index is 430. The van der Waals surface area contributed by atoms with Crippen LogP contribution in [0.4, 0.5) is 4.79 Å². The van der Waals surface area contributed by atoms with Crippen molar-refractivity contribution in [3.8, 4) is 0 Å². The van der Waals surface area contributed by atoms with E-state index < -0.39 is 0 Å². The van der Waals surface area contributed by atoms with Crippen molar-refractivity contribution in [1.82, 2.24) is 15.8 Å². The van der Waals surface area contributed by atoms with Crippen molar-refractivity contribution in [2.45, 2.75) is 47.5 Å². The molecule has 0 aliphatic carbocycles. The lowest BCUT2D eigenvalue weighted by molar-refractivity contribution is 0.127. The maximum absolute atomic E-state index is 12.0. The Labute approximate surface area is 139 Å². The van der Waals surface area contributed by atoms with E-state index in [1.54, 1.807) is 17.2 Å². The molecule has 1 aliphatic rings. The molecule has 0 atom stereocenters. The maximum Gasteiger partial charge on any atom is 0.336 e. The van der Waals surface area contributed by atoms with Crippen molar-refractivity contribution in [1.29, 1.82) is 0 Å². The molecule has 126 valence electrons. The number of allylic oxidation sites excluding steroid dienone is 2. The van der Waals surface area contributed by atoms with Crippen LogP contribution in [-0.4, -0.2) is 29.2 Å². The highest BCUT2D eigenvalue weighted by molar-refractivity contribution is 6.69. The summed E-state index contributed by atoms with van der Waals surface area (Å²) >= 11 is 5.90. The minimum Gasteiger partial charge on any atom is -0.323 e. The van der Waals surface area contributed by atoms with Crippen LogP contribution >= 0.6 is 11.6 Å². The van der Waals surface area contributed by atoms with E-state index >= 15 is 0 Å². The van der Waals surface area contributed by atoms with Gasteiger partial charge in [-0.3, -0.25) is 10.9 Å². The molecule has 0 aromatic heterocycles. The summed E-state index contributed by atoms with van der Waals surface area (Å²) in [5.41, 5.74) is 5.80. The molecule has 0 saturated carbocycles. The highest BCUT2D eigenvalue weighted by Gasteiger charge is 2.29. The number of urea groups is 1. The average molecular weight is 329 g/mol. The first-order chi connectivity index (χ1) is 10.4. The minimum atomic E-state index is -0.172. The predicted octanol–water partition coefficient (Wildman–Crippen LogP) is 4.03. The number of hydrogen-bond acceptors (Lipinski definition) is 3. The predicted molar refractivity (Wildman–Crippen MR) is 94.8 cm³/mol. The fourth-order valence-electron chi connectivity index (χ4n) is 2.07. The van der Waals surface area contributed by atoms with Crippen LogP contribution in [0.3, 0.4) is 0 Å². The standard InChI is InChI=1S/C14H23ClN4O.C2H6/c1-5-8-16-12(15)11(2)17-18-13(20)19-9-6-7-14(3,4)10-19;1-2/h5,8,17H,2,6-7,9-10H2,1,3-4H3,(H,18,20);1-2H3/b8-5-,16-12?;. The molecular formula is C16H29ClN4O. The zero-order valence-electron chi connectivity index (χ0n) is 14.4. The van der Waals surface area contributed by atoms with E-state index in [4.69, 9.17) is 11.6 Å². The second-order valence-electron chi connectivity index (χ2n) is 5.63. The number of aliphatic imine (C=N–C) groups is 1. The Hall–Kier alpha value is -1.49. The molecule has 0 bridgehead atoms. The van der Waals surface area contributed by atoms with Crippen LogP contribution < -0.4 is 10.9 Å². The Morgan fingerprint density at radius 1 is 1.36 bits per heavy atom. The van der Waals surface area contributed by atoms with Gasteiger partial charge in [-0.25, -0.2) is 9.79 Å². The number of nitrogens with zero attached hydrogens (tertiary/aromatic N) is 2. The number of halogens is 1. The van der Waals surface area contributed by atoms with Gasteiger partial charge < -0.3 is 4.90 Å². The Morgan fingerprint density at radius 2 is 2.00 bits per heavy atom. The number of carbonyl (C=O) groups excluding carboxylic acids is 1. The van der Waals surface area contributed by atoms with Crippen LogP contribution in [0, 0.1) is 5.41 Å². The van der Waals surface area contributed by atoms with Gasteiger partial charge in [-0.2, -0.15) is 0 Å². The van der Waals surface area contributed by atoms with Crippen molar-refractivity contribution in [3.63, 3.8) is 0 Å². The van der Waals surface area contributed by atoms with Crippen LogP contribution in [0.2, 0.25) is 0 Å². The van der Waals surface area contributed by atoms with Crippen LogP contribution in [0.1, 0.15) is 47.5 Å². The van der Waals surface area contributed by atoms with Gasteiger partial charge in [0.05, 0.1) is 5.70 Å². The lowest BCUT2D eigenvalue weighted by Gasteiger charge is -2.37. The first-order valence-electron chi connectivity index (χ1n) is 7.70. The smallest absolute Gasteiger partial charge is 0.323 e. The summed E-state index contributed by atoms with van der Waals surface area (Å²) in [5.74, 6) is 0. The molecule has 1 aliphatic heterocycles. The molecule has 1 rings (SSSR count). The van der Waals surface area contributed by atoms with Gasteiger partial charge in [0.2, 0.25) is 0 Å². The molecule has 6 heteroatoms. The molecule has 2 N–H and O–H groups in total. The number of rotatable bonds is 4. The van der Waals surface area contributed by atoms with Gasteiger partial charge in [-0.1, -0.05) is 52.0 Å². The van der Waals surface area contributed by atoms with E-state index in [-0.39, 0.29) is 16.6 Å². The maximum atomic E-state index is 12.0.